The molecular weight excluding hydrogens is 274 g/mol. The van der Waals surface area contributed by atoms with E-state index < -0.39 is 23.5 Å². The van der Waals surface area contributed by atoms with Gasteiger partial charge in [0.2, 0.25) is 0 Å². The van der Waals surface area contributed by atoms with Gasteiger partial charge in [0, 0.05) is 5.56 Å². The van der Waals surface area contributed by atoms with E-state index in [-0.39, 0.29) is 12.0 Å². The molecule has 0 atom stereocenters. The minimum atomic E-state index is -5.87. The molecular formula is C12H10F6O. The van der Waals surface area contributed by atoms with Crippen LogP contribution in [-0.4, -0.2) is 17.5 Å². The van der Waals surface area contributed by atoms with Crippen LogP contribution in [0.3, 0.4) is 0 Å². The predicted octanol–water partition coefficient (Wildman–Crippen LogP) is 3.73. The third-order valence-electron chi connectivity index (χ3n) is 2.59. The first-order chi connectivity index (χ1) is 8.55. The standard InChI is InChI=1S/C12H10F6O/c1-2-5-8-6-3-4-7-9(8)10(19,11(13,14)15)12(16,17)18/h2-4,6-7,19H,1,5H2. The first kappa shape index (κ1) is 15.6. The Kier molecular flexibility index (Phi) is 4.00. The van der Waals surface area contributed by atoms with Crippen molar-refractivity contribution in [1.29, 1.82) is 0 Å². The quantitative estimate of drug-likeness (QED) is 0.662. The van der Waals surface area contributed by atoms with E-state index in [1.807, 2.05) is 0 Å². The van der Waals surface area contributed by atoms with Gasteiger partial charge in [-0.15, -0.1) is 6.58 Å². The van der Waals surface area contributed by atoms with Crippen molar-refractivity contribution in [3.8, 4) is 0 Å². The van der Waals surface area contributed by atoms with Crippen LogP contribution in [-0.2, 0) is 12.0 Å². The fourth-order valence-corrected chi connectivity index (χ4v) is 1.67. The summed E-state index contributed by atoms with van der Waals surface area (Å²) in [5.74, 6) is 0. The first-order valence-electron chi connectivity index (χ1n) is 5.10. The van der Waals surface area contributed by atoms with Crippen LogP contribution in [0.4, 0.5) is 26.3 Å². The second kappa shape index (κ2) is 4.88. The highest BCUT2D eigenvalue weighted by Gasteiger charge is 2.71. The largest absolute Gasteiger partial charge is 0.430 e. The summed E-state index contributed by atoms with van der Waals surface area (Å²) in [6.07, 6.45) is -10.8. The molecule has 106 valence electrons. The molecule has 0 aromatic heterocycles. The Morgan fingerprint density at radius 1 is 1.00 bits per heavy atom. The van der Waals surface area contributed by atoms with Gasteiger partial charge in [-0.05, 0) is 12.0 Å². The monoisotopic (exact) mass is 284 g/mol. The summed E-state index contributed by atoms with van der Waals surface area (Å²) >= 11 is 0. The van der Waals surface area contributed by atoms with E-state index in [4.69, 9.17) is 0 Å². The molecule has 1 rings (SSSR count). The average Bonchev–Trinajstić information content (AvgIpc) is 2.26. The van der Waals surface area contributed by atoms with E-state index in [1.165, 1.54) is 6.07 Å². The minimum Gasteiger partial charge on any atom is -0.369 e. The second-order valence-electron chi connectivity index (χ2n) is 3.86. The molecule has 0 saturated carbocycles. The minimum absolute atomic E-state index is 0.218. The number of benzene rings is 1. The van der Waals surface area contributed by atoms with E-state index in [0.29, 0.717) is 6.07 Å². The van der Waals surface area contributed by atoms with Gasteiger partial charge in [-0.2, -0.15) is 26.3 Å². The Hall–Kier alpha value is -1.50. The fraction of sp³-hybridized carbons (Fsp3) is 0.333. The summed E-state index contributed by atoms with van der Waals surface area (Å²) in [7, 11) is 0. The van der Waals surface area contributed by atoms with Gasteiger partial charge in [-0.1, -0.05) is 30.3 Å². The van der Waals surface area contributed by atoms with Gasteiger partial charge >= 0.3 is 12.4 Å². The van der Waals surface area contributed by atoms with E-state index in [9.17, 15) is 31.4 Å². The van der Waals surface area contributed by atoms with E-state index >= 15 is 0 Å². The van der Waals surface area contributed by atoms with Crippen LogP contribution in [0.2, 0.25) is 0 Å². The van der Waals surface area contributed by atoms with Gasteiger partial charge in [0.25, 0.3) is 5.60 Å². The molecule has 0 amide bonds. The van der Waals surface area contributed by atoms with E-state index in [1.54, 1.807) is 0 Å². The van der Waals surface area contributed by atoms with Gasteiger partial charge in [0.15, 0.2) is 0 Å². The number of hydrogen-bond donors (Lipinski definition) is 1. The second-order valence-corrected chi connectivity index (χ2v) is 3.86. The Balaban J connectivity index is 3.56. The van der Waals surface area contributed by atoms with Crippen LogP contribution >= 0.6 is 0 Å². The molecule has 1 aromatic rings. The maximum Gasteiger partial charge on any atom is 0.430 e. The van der Waals surface area contributed by atoms with Gasteiger partial charge in [-0.3, -0.25) is 0 Å². The molecule has 1 N–H and O–H groups in total. The van der Waals surface area contributed by atoms with Crippen LogP contribution in [0, 0.1) is 0 Å². The molecule has 0 bridgehead atoms. The van der Waals surface area contributed by atoms with Crippen molar-refractivity contribution in [3.63, 3.8) is 0 Å². The molecule has 0 heterocycles. The van der Waals surface area contributed by atoms with Crippen molar-refractivity contribution in [2.24, 2.45) is 0 Å². The number of aliphatic hydroxyl groups is 1. The summed E-state index contributed by atoms with van der Waals surface area (Å²) < 4.78 is 76.3. The SMILES string of the molecule is C=CCc1ccccc1C(O)(C(F)(F)F)C(F)(F)F. The maximum absolute atomic E-state index is 12.7. The van der Waals surface area contributed by atoms with Crippen LogP contribution < -0.4 is 0 Å². The van der Waals surface area contributed by atoms with Gasteiger partial charge in [0.05, 0.1) is 0 Å². The molecule has 19 heavy (non-hydrogen) atoms. The highest BCUT2D eigenvalue weighted by atomic mass is 19.4. The third kappa shape index (κ3) is 2.60. The van der Waals surface area contributed by atoms with Gasteiger partial charge < -0.3 is 5.11 Å². The zero-order valence-corrected chi connectivity index (χ0v) is 9.52. The van der Waals surface area contributed by atoms with Crippen molar-refractivity contribution in [1.82, 2.24) is 0 Å². The van der Waals surface area contributed by atoms with E-state index in [2.05, 4.69) is 6.58 Å². The Morgan fingerprint density at radius 3 is 1.89 bits per heavy atom. The molecule has 0 aliphatic heterocycles. The topological polar surface area (TPSA) is 20.2 Å². The molecule has 7 heteroatoms. The lowest BCUT2D eigenvalue weighted by atomic mass is 9.87. The number of hydrogen-bond acceptors (Lipinski definition) is 1. The fourth-order valence-electron chi connectivity index (χ4n) is 1.67. The zero-order valence-electron chi connectivity index (χ0n) is 9.52. The van der Waals surface area contributed by atoms with Crippen molar-refractivity contribution in [3.05, 3.63) is 48.0 Å². The molecule has 0 unspecified atom stereocenters. The summed E-state index contributed by atoms with van der Waals surface area (Å²) in [4.78, 5) is 0. The molecule has 1 aromatic carbocycles. The average molecular weight is 284 g/mol. The number of allylic oxidation sites excluding steroid dienone is 1. The van der Waals surface area contributed by atoms with Crippen LogP contribution in [0.5, 0.6) is 0 Å². The van der Waals surface area contributed by atoms with Crippen molar-refractivity contribution in [2.45, 2.75) is 24.4 Å². The van der Waals surface area contributed by atoms with Crippen molar-refractivity contribution >= 4 is 0 Å². The van der Waals surface area contributed by atoms with Gasteiger partial charge in [-0.25, -0.2) is 0 Å². The maximum atomic E-state index is 12.7. The highest BCUT2D eigenvalue weighted by Crippen LogP contribution is 2.50. The van der Waals surface area contributed by atoms with Gasteiger partial charge in [0.1, 0.15) is 0 Å². The summed E-state index contributed by atoms with van der Waals surface area (Å²) in [6, 6.07) is 3.99. The van der Waals surface area contributed by atoms with E-state index in [0.717, 1.165) is 18.2 Å². The van der Waals surface area contributed by atoms with Crippen LogP contribution in [0.1, 0.15) is 11.1 Å². The normalized spacial score (nSPS) is 13.4. The number of alkyl halides is 6. The predicted molar refractivity (Wildman–Crippen MR) is 56.3 cm³/mol. The molecule has 1 nitrogen and oxygen atoms in total. The third-order valence-corrected chi connectivity index (χ3v) is 2.59. The van der Waals surface area contributed by atoms with Crippen molar-refractivity contribution < 1.29 is 31.4 Å². The summed E-state index contributed by atoms with van der Waals surface area (Å²) in [6.45, 7) is 3.26. The Bertz CT molecular complexity index is 446. The van der Waals surface area contributed by atoms with Crippen molar-refractivity contribution in [2.75, 3.05) is 0 Å². The lowest BCUT2D eigenvalue weighted by molar-refractivity contribution is -0.376. The zero-order chi connectivity index (χ0) is 14.9. The molecule has 0 radical (unpaired) electrons. The molecule has 0 aliphatic carbocycles. The number of halogens is 6. The lowest BCUT2D eigenvalue weighted by Gasteiger charge is -2.34. The molecule has 0 fully saturated rings. The summed E-state index contributed by atoms with van der Waals surface area (Å²) in [5, 5.41) is 9.28. The van der Waals surface area contributed by atoms with Crippen LogP contribution in [0.25, 0.3) is 0 Å². The highest BCUT2D eigenvalue weighted by molar-refractivity contribution is 5.36. The lowest BCUT2D eigenvalue weighted by Crippen LogP contribution is -2.54. The Morgan fingerprint density at radius 2 is 1.47 bits per heavy atom. The smallest absolute Gasteiger partial charge is 0.369 e. The molecule has 0 saturated heterocycles. The molecule has 0 spiro atoms. The Labute approximate surface area is 105 Å². The summed E-state index contributed by atoms with van der Waals surface area (Å²) in [5.41, 5.74) is -6.40. The van der Waals surface area contributed by atoms with Crippen LogP contribution in [0.15, 0.2) is 36.9 Å². The number of rotatable bonds is 3. The molecule has 0 aliphatic rings. The first-order valence-corrected chi connectivity index (χ1v) is 5.10.